The van der Waals surface area contributed by atoms with Crippen LogP contribution in [-0.2, 0) is 11.3 Å². The number of likely N-dealkylation sites (tertiary alicyclic amines) is 2. The average molecular weight is 660 g/mol. The molecule has 1 aromatic heterocycles. The number of halogens is 1. The molecule has 9 nitrogen and oxygen atoms in total. The number of carbonyl (C=O) groups is 1. The maximum Gasteiger partial charge on any atom is 0.410 e. The van der Waals surface area contributed by atoms with E-state index in [0.717, 1.165) is 56.0 Å². The monoisotopic (exact) mass is 659 g/mol. The fourth-order valence-electron chi connectivity index (χ4n) is 8.49. The van der Waals surface area contributed by atoms with E-state index in [2.05, 4.69) is 55.4 Å². The molecule has 10 heteroatoms. The number of nitrogens with zero attached hydrogens (tertiary/aromatic N) is 5. The summed E-state index contributed by atoms with van der Waals surface area (Å²) in [6.07, 6.45) is 0.805. The summed E-state index contributed by atoms with van der Waals surface area (Å²) in [5.41, 5.74) is 1.81. The Bertz CT molecular complexity index is 1620. The van der Waals surface area contributed by atoms with Crippen molar-refractivity contribution in [1.29, 1.82) is 5.26 Å². The van der Waals surface area contributed by atoms with Crippen molar-refractivity contribution < 1.29 is 19.4 Å². The van der Waals surface area contributed by atoms with Gasteiger partial charge in [0.15, 0.2) is 0 Å². The quantitative estimate of drug-likeness (QED) is 0.400. The van der Waals surface area contributed by atoms with Gasteiger partial charge in [-0.1, -0.05) is 51.3 Å². The zero-order chi connectivity index (χ0) is 33.9. The smallest absolute Gasteiger partial charge is 0.410 e. The zero-order valence-electron chi connectivity index (χ0n) is 28.5. The van der Waals surface area contributed by atoms with Gasteiger partial charge in [-0.3, -0.25) is 9.80 Å². The fourth-order valence-corrected chi connectivity index (χ4v) is 8.71. The van der Waals surface area contributed by atoms with Crippen molar-refractivity contribution in [3.05, 3.63) is 57.9 Å². The number of aliphatic hydroxyl groups is 1. The van der Waals surface area contributed by atoms with E-state index in [1.807, 2.05) is 37.8 Å². The lowest BCUT2D eigenvalue weighted by atomic mass is 9.49. The number of piperidine rings is 1. The lowest BCUT2D eigenvalue weighted by molar-refractivity contribution is -0.235. The molecule has 2 saturated heterocycles. The number of hydrogen-bond donors (Lipinski definition) is 1. The number of carbonyl (C=O) groups excluding carboxylic acids is 1. The number of aromatic nitrogens is 1. The van der Waals surface area contributed by atoms with Crippen molar-refractivity contribution in [3.8, 4) is 23.7 Å². The summed E-state index contributed by atoms with van der Waals surface area (Å²) in [7, 11) is 0. The standard InChI is InChI=1S/C37H46ClN5O4/c1-35(2,3)47-34(45)41-16-14-26(15-17-41)42-20-23(21-42)8-10-25-11-13-28-30(40-25)22-43(31(28)44)32-36(4,5)33(37(32,6)7)46-27-12-9-24(19-39)29(38)18-27/h9,11-13,18,23,26,31-33,44H,14-17,20-22H2,1-7H3. The molecule has 1 amide bonds. The summed E-state index contributed by atoms with van der Waals surface area (Å²) in [4.78, 5) is 23.7. The minimum atomic E-state index is -0.754. The van der Waals surface area contributed by atoms with E-state index in [1.165, 1.54) is 0 Å². The lowest BCUT2D eigenvalue weighted by Gasteiger charge is -2.66. The Kier molecular flexibility index (Phi) is 8.76. The molecule has 4 aliphatic rings. The molecule has 1 N–H and O–H groups in total. The highest BCUT2D eigenvalue weighted by molar-refractivity contribution is 6.31. The minimum Gasteiger partial charge on any atom is -0.489 e. The first-order chi connectivity index (χ1) is 22.1. The van der Waals surface area contributed by atoms with Gasteiger partial charge in [-0.15, -0.1) is 0 Å². The van der Waals surface area contributed by atoms with Gasteiger partial charge in [-0.25, -0.2) is 9.78 Å². The van der Waals surface area contributed by atoms with E-state index in [4.69, 9.17) is 26.1 Å². The molecular weight excluding hydrogens is 614 g/mol. The van der Waals surface area contributed by atoms with Crippen LogP contribution in [0.15, 0.2) is 30.3 Å². The van der Waals surface area contributed by atoms with Gasteiger partial charge in [0.05, 0.1) is 16.3 Å². The van der Waals surface area contributed by atoms with Gasteiger partial charge in [-0.2, -0.15) is 5.26 Å². The van der Waals surface area contributed by atoms with Gasteiger partial charge in [0.1, 0.15) is 35.4 Å². The molecule has 3 fully saturated rings. The molecule has 250 valence electrons. The summed E-state index contributed by atoms with van der Waals surface area (Å²) >= 11 is 6.27. The first-order valence-corrected chi connectivity index (χ1v) is 17.0. The third kappa shape index (κ3) is 6.44. The Hall–Kier alpha value is -3.34. The van der Waals surface area contributed by atoms with Crippen molar-refractivity contribution in [1.82, 2.24) is 19.7 Å². The predicted octanol–water partition coefficient (Wildman–Crippen LogP) is 5.98. The molecule has 1 atom stereocenters. The molecule has 0 bridgehead atoms. The van der Waals surface area contributed by atoms with E-state index < -0.39 is 11.8 Å². The summed E-state index contributed by atoms with van der Waals surface area (Å²) in [5, 5.41) is 21.0. The highest BCUT2D eigenvalue weighted by atomic mass is 35.5. The number of amides is 1. The third-order valence-corrected chi connectivity index (χ3v) is 10.6. The molecule has 1 unspecified atom stereocenters. The van der Waals surface area contributed by atoms with E-state index in [0.29, 0.717) is 34.8 Å². The SMILES string of the molecule is CC(C)(C)OC(=O)N1CCC(N2CC(C#Cc3ccc4c(n3)CN(C3C(C)(C)C(Oc5ccc(C#N)c(Cl)c5)C3(C)C)C4O)C2)CC1. The molecule has 1 aromatic carbocycles. The highest BCUT2D eigenvalue weighted by Gasteiger charge is 2.66. The van der Waals surface area contributed by atoms with Crippen molar-refractivity contribution >= 4 is 17.7 Å². The number of rotatable bonds is 4. The number of aliphatic hydroxyl groups excluding tert-OH is 1. The van der Waals surface area contributed by atoms with E-state index in [-0.39, 0.29) is 29.1 Å². The van der Waals surface area contributed by atoms with Gasteiger partial charge in [0, 0.05) is 73.2 Å². The first kappa shape index (κ1) is 33.6. The Labute approximate surface area is 283 Å². The largest absolute Gasteiger partial charge is 0.489 e. The van der Waals surface area contributed by atoms with Gasteiger partial charge in [0.25, 0.3) is 0 Å². The number of ether oxygens (including phenoxy) is 2. The van der Waals surface area contributed by atoms with Crippen LogP contribution < -0.4 is 4.74 Å². The van der Waals surface area contributed by atoms with Crippen LogP contribution in [0.5, 0.6) is 5.75 Å². The minimum absolute atomic E-state index is 0.0320. The van der Waals surface area contributed by atoms with Crippen LogP contribution in [0.4, 0.5) is 4.79 Å². The van der Waals surface area contributed by atoms with E-state index in [1.54, 1.807) is 18.2 Å². The van der Waals surface area contributed by atoms with Crippen LogP contribution in [0.2, 0.25) is 5.02 Å². The van der Waals surface area contributed by atoms with Crippen molar-refractivity contribution in [2.75, 3.05) is 26.2 Å². The predicted molar refractivity (Wildman–Crippen MR) is 179 cm³/mol. The third-order valence-electron chi connectivity index (χ3n) is 10.3. The highest BCUT2D eigenvalue weighted by Crippen LogP contribution is 2.60. The van der Waals surface area contributed by atoms with Crippen molar-refractivity contribution in [2.24, 2.45) is 16.7 Å². The summed E-state index contributed by atoms with van der Waals surface area (Å²) < 4.78 is 12.0. The van der Waals surface area contributed by atoms with Crippen LogP contribution in [0.1, 0.15) is 90.1 Å². The molecule has 0 spiro atoms. The topological polar surface area (TPSA) is 102 Å². The molecule has 1 saturated carbocycles. The number of pyridine rings is 1. The Morgan fingerprint density at radius 2 is 1.77 bits per heavy atom. The van der Waals surface area contributed by atoms with Gasteiger partial charge in [0.2, 0.25) is 0 Å². The Balaban J connectivity index is 1.04. The number of hydrogen-bond acceptors (Lipinski definition) is 8. The molecule has 6 rings (SSSR count). The van der Waals surface area contributed by atoms with Gasteiger partial charge in [-0.05, 0) is 57.7 Å². The second-order valence-electron chi connectivity index (χ2n) is 15.7. The number of benzene rings is 1. The van der Waals surface area contributed by atoms with Crippen LogP contribution in [0, 0.1) is 39.9 Å². The molecule has 47 heavy (non-hydrogen) atoms. The Morgan fingerprint density at radius 1 is 1.09 bits per heavy atom. The van der Waals surface area contributed by atoms with E-state index >= 15 is 0 Å². The number of fused-ring (bicyclic) bond motifs is 1. The van der Waals surface area contributed by atoms with Crippen LogP contribution >= 0.6 is 11.6 Å². The number of nitriles is 1. The molecule has 4 heterocycles. The molecule has 3 aliphatic heterocycles. The molecular formula is C37H46ClN5O4. The molecule has 2 aromatic rings. The van der Waals surface area contributed by atoms with Crippen LogP contribution in [0.25, 0.3) is 0 Å². The Morgan fingerprint density at radius 3 is 2.38 bits per heavy atom. The van der Waals surface area contributed by atoms with E-state index in [9.17, 15) is 15.2 Å². The van der Waals surface area contributed by atoms with Crippen LogP contribution in [0.3, 0.4) is 0 Å². The first-order valence-electron chi connectivity index (χ1n) is 16.6. The fraction of sp³-hybridized carbons (Fsp3) is 0.595. The second-order valence-corrected chi connectivity index (χ2v) is 16.1. The average Bonchev–Trinajstić information content (AvgIpc) is 3.28. The van der Waals surface area contributed by atoms with Gasteiger partial charge < -0.3 is 19.5 Å². The lowest BCUT2D eigenvalue weighted by Crippen LogP contribution is -2.74. The normalized spacial score (nSPS) is 25.9. The summed E-state index contributed by atoms with van der Waals surface area (Å²) in [6.45, 7) is 18.2. The summed E-state index contributed by atoms with van der Waals surface area (Å²) in [6, 6.07) is 11.6. The van der Waals surface area contributed by atoms with Crippen molar-refractivity contribution in [2.45, 2.75) is 97.9 Å². The summed E-state index contributed by atoms with van der Waals surface area (Å²) in [5.74, 6) is 7.66. The van der Waals surface area contributed by atoms with Crippen molar-refractivity contribution in [3.63, 3.8) is 0 Å². The zero-order valence-corrected chi connectivity index (χ0v) is 29.3. The molecule has 0 radical (unpaired) electrons. The van der Waals surface area contributed by atoms with Crippen LogP contribution in [-0.4, -0.2) is 80.9 Å². The van der Waals surface area contributed by atoms with Gasteiger partial charge >= 0.3 is 6.09 Å². The molecule has 1 aliphatic carbocycles. The maximum absolute atomic E-state index is 12.4. The maximum atomic E-state index is 12.4. The second kappa shape index (κ2) is 12.3.